The molecule has 0 saturated heterocycles. The molecule has 8 heteroatoms. The first-order valence-corrected chi connectivity index (χ1v) is 6.52. The second-order valence-electron chi connectivity index (χ2n) is 4.07. The van der Waals surface area contributed by atoms with Gasteiger partial charge in [0.25, 0.3) is 5.69 Å². The third-order valence-electron chi connectivity index (χ3n) is 2.78. The van der Waals surface area contributed by atoms with Crippen molar-refractivity contribution in [3.8, 4) is 0 Å². The lowest BCUT2D eigenvalue weighted by Gasteiger charge is -2.05. The molecule has 7 nitrogen and oxygen atoms in total. The lowest BCUT2D eigenvalue weighted by Crippen LogP contribution is -1.93. The number of nitrogens with zero attached hydrogens (tertiary/aromatic N) is 5. The van der Waals surface area contributed by atoms with Crippen molar-refractivity contribution in [1.82, 2.24) is 19.7 Å². The van der Waals surface area contributed by atoms with Crippen molar-refractivity contribution in [2.45, 2.75) is 10.1 Å². The fraction of sp³-hybridized carbons (Fsp3) is 0.0833. The highest BCUT2D eigenvalue weighted by molar-refractivity contribution is 7.99. The second kappa shape index (κ2) is 4.89. The van der Waals surface area contributed by atoms with Crippen LogP contribution in [0.3, 0.4) is 0 Å². The van der Waals surface area contributed by atoms with E-state index in [0.717, 1.165) is 4.90 Å². The van der Waals surface area contributed by atoms with E-state index >= 15 is 0 Å². The van der Waals surface area contributed by atoms with Gasteiger partial charge in [0.1, 0.15) is 6.33 Å². The molecule has 0 N–H and O–H groups in total. The van der Waals surface area contributed by atoms with Gasteiger partial charge >= 0.3 is 0 Å². The molecule has 2 aromatic heterocycles. The Morgan fingerprint density at radius 3 is 2.90 bits per heavy atom. The maximum Gasteiger partial charge on any atom is 0.278 e. The normalized spacial score (nSPS) is 10.8. The van der Waals surface area contributed by atoms with E-state index in [9.17, 15) is 10.1 Å². The zero-order chi connectivity index (χ0) is 14.1. The zero-order valence-electron chi connectivity index (χ0n) is 10.4. The van der Waals surface area contributed by atoms with Crippen LogP contribution in [0.4, 0.5) is 5.69 Å². The van der Waals surface area contributed by atoms with Crippen molar-refractivity contribution in [2.24, 2.45) is 7.05 Å². The number of aryl methyl sites for hydroxylation is 1. The molecule has 0 spiro atoms. The minimum atomic E-state index is -0.402. The standard InChI is InChI=1S/C12H9N5O2S/c1-16-7-14-15-12(16)20-10-5-4-9(17(18)19)8-3-2-6-13-11(8)10/h2-7H,1H3. The summed E-state index contributed by atoms with van der Waals surface area (Å²) in [7, 11) is 1.84. The van der Waals surface area contributed by atoms with Crippen LogP contribution in [0, 0.1) is 10.1 Å². The van der Waals surface area contributed by atoms with Gasteiger partial charge in [-0.1, -0.05) is 0 Å². The third-order valence-corrected chi connectivity index (χ3v) is 3.88. The van der Waals surface area contributed by atoms with Crippen molar-refractivity contribution in [2.75, 3.05) is 0 Å². The Kier molecular flexibility index (Phi) is 3.07. The highest BCUT2D eigenvalue weighted by Gasteiger charge is 2.16. The Morgan fingerprint density at radius 2 is 2.20 bits per heavy atom. The first-order valence-electron chi connectivity index (χ1n) is 5.71. The predicted octanol–water partition coefficient (Wildman–Crippen LogP) is 2.42. The lowest BCUT2D eigenvalue weighted by molar-refractivity contribution is -0.383. The van der Waals surface area contributed by atoms with Crippen molar-refractivity contribution in [1.29, 1.82) is 0 Å². The molecule has 0 atom stereocenters. The molecule has 100 valence electrons. The number of non-ortho nitro benzene ring substituents is 1. The number of benzene rings is 1. The van der Waals surface area contributed by atoms with Gasteiger partial charge in [-0.15, -0.1) is 10.2 Å². The molecule has 0 radical (unpaired) electrons. The third kappa shape index (κ3) is 2.10. The first-order chi connectivity index (χ1) is 9.66. The lowest BCUT2D eigenvalue weighted by atomic mass is 10.2. The van der Waals surface area contributed by atoms with Gasteiger partial charge in [-0.25, -0.2) is 0 Å². The second-order valence-corrected chi connectivity index (χ2v) is 5.08. The number of pyridine rings is 1. The molecular weight excluding hydrogens is 278 g/mol. The minimum Gasteiger partial charge on any atom is -0.311 e. The van der Waals surface area contributed by atoms with E-state index in [4.69, 9.17) is 0 Å². The molecule has 1 aromatic carbocycles. The number of fused-ring (bicyclic) bond motifs is 1. The van der Waals surface area contributed by atoms with Gasteiger partial charge in [0, 0.05) is 24.2 Å². The maximum absolute atomic E-state index is 11.0. The Hall–Kier alpha value is -2.48. The van der Waals surface area contributed by atoms with Gasteiger partial charge in [0.2, 0.25) is 0 Å². The summed E-state index contributed by atoms with van der Waals surface area (Å²) >= 11 is 1.38. The van der Waals surface area contributed by atoms with Crippen molar-refractivity contribution >= 4 is 28.4 Å². The molecule has 0 aliphatic heterocycles. The topological polar surface area (TPSA) is 86.7 Å². The summed E-state index contributed by atoms with van der Waals surface area (Å²) in [6, 6.07) is 6.56. The van der Waals surface area contributed by atoms with Crippen LogP contribution in [0.2, 0.25) is 0 Å². The molecule has 0 aliphatic carbocycles. The van der Waals surface area contributed by atoms with Crippen molar-refractivity contribution in [3.63, 3.8) is 0 Å². The summed E-state index contributed by atoms with van der Waals surface area (Å²) in [5, 5.41) is 20.1. The minimum absolute atomic E-state index is 0.0513. The highest BCUT2D eigenvalue weighted by Crippen LogP contribution is 2.35. The smallest absolute Gasteiger partial charge is 0.278 e. The maximum atomic E-state index is 11.0. The van der Waals surface area contributed by atoms with Crippen LogP contribution >= 0.6 is 11.8 Å². The van der Waals surface area contributed by atoms with E-state index in [-0.39, 0.29) is 5.69 Å². The molecule has 0 bridgehead atoms. The van der Waals surface area contributed by atoms with Crippen molar-refractivity contribution in [3.05, 3.63) is 46.9 Å². The molecule has 0 saturated carbocycles. The molecule has 0 aliphatic rings. The average molecular weight is 287 g/mol. The van der Waals surface area contributed by atoms with E-state index in [1.54, 1.807) is 35.3 Å². The van der Waals surface area contributed by atoms with Crippen LogP contribution in [0.1, 0.15) is 0 Å². The van der Waals surface area contributed by atoms with Gasteiger partial charge < -0.3 is 4.57 Å². The Balaban J connectivity index is 2.15. The molecule has 0 fully saturated rings. The zero-order valence-corrected chi connectivity index (χ0v) is 11.2. The number of nitro benzene ring substituents is 1. The molecule has 3 aromatic rings. The number of rotatable bonds is 3. The van der Waals surface area contributed by atoms with E-state index in [0.29, 0.717) is 16.1 Å². The molecule has 0 unspecified atom stereocenters. The summed E-state index contributed by atoms with van der Waals surface area (Å²) < 4.78 is 1.78. The van der Waals surface area contributed by atoms with E-state index in [2.05, 4.69) is 15.2 Å². The molecule has 20 heavy (non-hydrogen) atoms. The van der Waals surface area contributed by atoms with Gasteiger partial charge in [-0.05, 0) is 30.0 Å². The molecule has 2 heterocycles. The highest BCUT2D eigenvalue weighted by atomic mass is 32.2. The van der Waals surface area contributed by atoms with Crippen LogP contribution in [-0.4, -0.2) is 24.7 Å². The van der Waals surface area contributed by atoms with E-state index < -0.39 is 4.92 Å². The van der Waals surface area contributed by atoms with Crippen LogP contribution < -0.4 is 0 Å². The van der Waals surface area contributed by atoms with Gasteiger partial charge in [-0.2, -0.15) is 0 Å². The largest absolute Gasteiger partial charge is 0.311 e. The summed E-state index contributed by atoms with van der Waals surface area (Å²) in [4.78, 5) is 15.7. The SMILES string of the molecule is Cn1cnnc1Sc1ccc([N+](=O)[O-])c2cccnc12. The fourth-order valence-electron chi connectivity index (χ4n) is 1.84. The van der Waals surface area contributed by atoms with Crippen LogP contribution in [0.15, 0.2) is 46.8 Å². The Morgan fingerprint density at radius 1 is 1.35 bits per heavy atom. The summed E-state index contributed by atoms with van der Waals surface area (Å²) in [5.74, 6) is 0. The van der Waals surface area contributed by atoms with Gasteiger partial charge in [0.05, 0.1) is 15.8 Å². The summed E-state index contributed by atoms with van der Waals surface area (Å²) in [5.41, 5.74) is 0.644. The van der Waals surface area contributed by atoms with Gasteiger partial charge in [0.15, 0.2) is 5.16 Å². The average Bonchev–Trinajstić information content (AvgIpc) is 2.84. The Labute approximate surface area is 117 Å². The summed E-state index contributed by atoms with van der Waals surface area (Å²) in [6.45, 7) is 0. The predicted molar refractivity (Wildman–Crippen MR) is 73.5 cm³/mol. The van der Waals surface area contributed by atoms with Crippen LogP contribution in [0.25, 0.3) is 10.9 Å². The Bertz CT molecular complexity index is 801. The quantitative estimate of drug-likeness (QED) is 0.543. The molecular formula is C12H9N5O2S. The van der Waals surface area contributed by atoms with Crippen LogP contribution in [0.5, 0.6) is 0 Å². The van der Waals surface area contributed by atoms with Gasteiger partial charge in [-0.3, -0.25) is 15.1 Å². The monoisotopic (exact) mass is 287 g/mol. The number of aromatic nitrogens is 4. The first kappa shape index (κ1) is 12.5. The van der Waals surface area contributed by atoms with E-state index in [1.165, 1.54) is 17.8 Å². The van der Waals surface area contributed by atoms with Crippen molar-refractivity contribution < 1.29 is 4.92 Å². The molecule has 0 amide bonds. The molecule has 3 rings (SSSR count). The number of nitro groups is 1. The number of hydrogen-bond acceptors (Lipinski definition) is 6. The van der Waals surface area contributed by atoms with E-state index in [1.807, 2.05) is 7.05 Å². The van der Waals surface area contributed by atoms with Crippen LogP contribution in [-0.2, 0) is 7.05 Å². The fourth-order valence-corrected chi connectivity index (χ4v) is 2.71. The number of hydrogen-bond donors (Lipinski definition) is 0. The summed E-state index contributed by atoms with van der Waals surface area (Å²) in [6.07, 6.45) is 3.22.